The molecule has 1 heterocycles. The van der Waals surface area contributed by atoms with Crippen LogP contribution >= 0.6 is 0 Å². The SMILES string of the molecule is CCCc1ccc(-c2ccc(-c3ccc(C4CCC(CCC)CO4)cc3F)cc2)c(F)c1F. The van der Waals surface area contributed by atoms with E-state index in [-0.39, 0.29) is 17.5 Å². The molecule has 0 N–H and O–H groups in total. The van der Waals surface area contributed by atoms with Crippen molar-refractivity contribution in [1.82, 2.24) is 0 Å². The topological polar surface area (TPSA) is 9.23 Å². The number of ether oxygens (including phenoxy) is 1. The summed E-state index contributed by atoms with van der Waals surface area (Å²) in [6.45, 7) is 4.85. The lowest BCUT2D eigenvalue weighted by molar-refractivity contribution is -0.0195. The maximum absolute atomic E-state index is 15.0. The van der Waals surface area contributed by atoms with E-state index in [2.05, 4.69) is 6.92 Å². The molecular weight excluding hydrogens is 421 g/mol. The van der Waals surface area contributed by atoms with Crippen molar-refractivity contribution in [3.8, 4) is 22.3 Å². The summed E-state index contributed by atoms with van der Waals surface area (Å²) in [6, 6.07) is 15.4. The van der Waals surface area contributed by atoms with Gasteiger partial charge in [0.15, 0.2) is 11.6 Å². The molecule has 0 radical (unpaired) electrons. The highest BCUT2D eigenvalue weighted by Crippen LogP contribution is 2.35. The fourth-order valence-electron chi connectivity index (χ4n) is 4.77. The Labute approximate surface area is 194 Å². The number of halogens is 3. The van der Waals surface area contributed by atoms with Crippen LogP contribution in [0.25, 0.3) is 22.3 Å². The predicted molar refractivity (Wildman–Crippen MR) is 128 cm³/mol. The van der Waals surface area contributed by atoms with Gasteiger partial charge in [0.2, 0.25) is 0 Å². The quantitative estimate of drug-likeness (QED) is 0.348. The van der Waals surface area contributed by atoms with Gasteiger partial charge in [-0.2, -0.15) is 0 Å². The molecule has 3 aromatic rings. The maximum atomic E-state index is 15.0. The van der Waals surface area contributed by atoms with Crippen LogP contribution in [0.1, 0.15) is 63.2 Å². The highest BCUT2D eigenvalue weighted by Gasteiger charge is 2.23. The van der Waals surface area contributed by atoms with Crippen molar-refractivity contribution in [3.63, 3.8) is 0 Å². The minimum absolute atomic E-state index is 0.0578. The molecule has 3 aromatic carbocycles. The third kappa shape index (κ3) is 5.16. The molecule has 33 heavy (non-hydrogen) atoms. The van der Waals surface area contributed by atoms with E-state index in [9.17, 15) is 13.2 Å². The van der Waals surface area contributed by atoms with Gasteiger partial charge in [0.05, 0.1) is 12.7 Å². The van der Waals surface area contributed by atoms with Crippen molar-refractivity contribution >= 4 is 0 Å². The second-order valence-electron chi connectivity index (χ2n) is 9.02. The van der Waals surface area contributed by atoms with E-state index >= 15 is 0 Å². The molecule has 0 bridgehead atoms. The van der Waals surface area contributed by atoms with E-state index in [4.69, 9.17) is 4.74 Å². The highest BCUT2D eigenvalue weighted by atomic mass is 19.2. The highest BCUT2D eigenvalue weighted by molar-refractivity contribution is 5.71. The summed E-state index contributed by atoms with van der Waals surface area (Å²) in [5.41, 5.74) is 3.21. The normalized spacial score (nSPS) is 18.5. The molecule has 0 saturated carbocycles. The lowest BCUT2D eigenvalue weighted by atomic mass is 9.91. The molecule has 1 aliphatic heterocycles. The molecule has 1 fully saturated rings. The zero-order valence-electron chi connectivity index (χ0n) is 19.3. The Morgan fingerprint density at radius 2 is 1.48 bits per heavy atom. The van der Waals surface area contributed by atoms with Crippen molar-refractivity contribution in [2.24, 2.45) is 5.92 Å². The Morgan fingerprint density at radius 3 is 2.09 bits per heavy atom. The summed E-state index contributed by atoms with van der Waals surface area (Å²) in [4.78, 5) is 0. The fourth-order valence-corrected chi connectivity index (χ4v) is 4.77. The molecule has 174 valence electrons. The Bertz CT molecular complexity index is 1080. The van der Waals surface area contributed by atoms with Crippen molar-refractivity contribution in [2.45, 2.75) is 58.5 Å². The first-order chi connectivity index (χ1) is 16.0. The van der Waals surface area contributed by atoms with Crippen LogP contribution in [0.5, 0.6) is 0 Å². The van der Waals surface area contributed by atoms with Gasteiger partial charge in [-0.1, -0.05) is 75.2 Å². The van der Waals surface area contributed by atoms with Crippen LogP contribution in [0.2, 0.25) is 0 Å². The summed E-state index contributed by atoms with van der Waals surface area (Å²) in [5, 5.41) is 0. The van der Waals surface area contributed by atoms with Crippen LogP contribution in [-0.4, -0.2) is 6.61 Å². The Balaban J connectivity index is 1.51. The van der Waals surface area contributed by atoms with Gasteiger partial charge in [0.1, 0.15) is 5.82 Å². The van der Waals surface area contributed by atoms with Crippen molar-refractivity contribution in [2.75, 3.05) is 6.61 Å². The lowest BCUT2D eigenvalue weighted by Gasteiger charge is -2.29. The fraction of sp³-hybridized carbons (Fsp3) is 0.379. The van der Waals surface area contributed by atoms with Crippen molar-refractivity contribution in [3.05, 3.63) is 83.2 Å². The molecule has 4 rings (SSSR count). The van der Waals surface area contributed by atoms with Gasteiger partial charge >= 0.3 is 0 Å². The Morgan fingerprint density at radius 1 is 0.788 bits per heavy atom. The third-order valence-electron chi connectivity index (χ3n) is 6.62. The minimum atomic E-state index is -0.835. The number of aryl methyl sites for hydroxylation is 1. The van der Waals surface area contributed by atoms with Crippen molar-refractivity contribution in [1.29, 1.82) is 0 Å². The van der Waals surface area contributed by atoms with Gasteiger partial charge in [-0.15, -0.1) is 0 Å². The van der Waals surface area contributed by atoms with E-state index in [1.807, 2.05) is 13.0 Å². The number of hydrogen-bond donors (Lipinski definition) is 0. The second-order valence-corrected chi connectivity index (χ2v) is 9.02. The van der Waals surface area contributed by atoms with Crippen LogP contribution in [0.4, 0.5) is 13.2 Å². The first-order valence-electron chi connectivity index (χ1n) is 12.0. The maximum Gasteiger partial charge on any atom is 0.166 e. The van der Waals surface area contributed by atoms with E-state index < -0.39 is 11.6 Å². The van der Waals surface area contributed by atoms with Crippen LogP contribution in [0, 0.1) is 23.4 Å². The number of hydrogen-bond acceptors (Lipinski definition) is 1. The molecule has 0 spiro atoms. The molecule has 2 atom stereocenters. The van der Waals surface area contributed by atoms with Gasteiger partial charge in [-0.25, -0.2) is 13.2 Å². The molecule has 0 amide bonds. The molecule has 4 heteroatoms. The molecule has 1 aliphatic rings. The molecule has 0 aliphatic carbocycles. The van der Waals surface area contributed by atoms with Crippen LogP contribution in [0.3, 0.4) is 0 Å². The van der Waals surface area contributed by atoms with Gasteiger partial charge in [0, 0.05) is 11.1 Å². The summed E-state index contributed by atoms with van der Waals surface area (Å²) in [5.74, 6) is -1.32. The van der Waals surface area contributed by atoms with E-state index in [0.717, 1.165) is 37.9 Å². The van der Waals surface area contributed by atoms with Crippen LogP contribution < -0.4 is 0 Å². The third-order valence-corrected chi connectivity index (χ3v) is 6.62. The lowest BCUT2D eigenvalue weighted by Crippen LogP contribution is -2.20. The average Bonchev–Trinajstić information content (AvgIpc) is 2.83. The molecular formula is C29H31F3O. The average molecular weight is 453 g/mol. The van der Waals surface area contributed by atoms with Gasteiger partial charge in [0.25, 0.3) is 0 Å². The summed E-state index contributed by atoms with van der Waals surface area (Å²) >= 11 is 0. The zero-order chi connectivity index (χ0) is 23.4. The minimum Gasteiger partial charge on any atom is -0.373 e. The van der Waals surface area contributed by atoms with Crippen LogP contribution in [0.15, 0.2) is 54.6 Å². The standard InChI is InChI=1S/C29H31F3O/c1-3-5-19-7-16-27(33-18-19)23-13-14-24(26(30)17-23)20-8-10-21(11-9-20)25-15-12-22(6-4-2)28(31)29(25)32/h8-15,17,19,27H,3-7,16,18H2,1-2H3. The summed E-state index contributed by atoms with van der Waals surface area (Å²) < 4.78 is 49.9. The Kier molecular flexibility index (Phi) is 7.54. The first-order valence-corrected chi connectivity index (χ1v) is 12.0. The molecule has 1 nitrogen and oxygen atoms in total. The molecule has 1 saturated heterocycles. The zero-order valence-corrected chi connectivity index (χ0v) is 19.3. The van der Waals surface area contributed by atoms with Gasteiger partial charge in [-0.05, 0) is 59.9 Å². The smallest absolute Gasteiger partial charge is 0.166 e. The number of benzene rings is 3. The molecule has 0 aromatic heterocycles. The molecule has 2 unspecified atom stereocenters. The second kappa shape index (κ2) is 10.6. The van der Waals surface area contributed by atoms with E-state index in [1.54, 1.807) is 48.5 Å². The predicted octanol–water partition coefficient (Wildman–Crippen LogP) is 8.66. The largest absolute Gasteiger partial charge is 0.373 e. The van der Waals surface area contributed by atoms with Gasteiger partial charge < -0.3 is 4.74 Å². The number of rotatable bonds is 7. The Hall–Kier alpha value is -2.59. The van der Waals surface area contributed by atoms with E-state index in [0.29, 0.717) is 34.6 Å². The van der Waals surface area contributed by atoms with Crippen LogP contribution in [-0.2, 0) is 11.2 Å². The summed E-state index contributed by atoms with van der Waals surface area (Å²) in [6.07, 6.45) is 5.56. The van der Waals surface area contributed by atoms with Gasteiger partial charge in [-0.3, -0.25) is 0 Å². The summed E-state index contributed by atoms with van der Waals surface area (Å²) in [7, 11) is 0. The first kappa shape index (κ1) is 23.6. The monoisotopic (exact) mass is 452 g/mol. The van der Waals surface area contributed by atoms with E-state index in [1.165, 1.54) is 6.42 Å². The van der Waals surface area contributed by atoms with Crippen molar-refractivity contribution < 1.29 is 17.9 Å².